The Hall–Kier alpha value is -2.53. The molecule has 5 heteroatoms. The van der Waals surface area contributed by atoms with E-state index in [1.807, 2.05) is 39.6 Å². The van der Waals surface area contributed by atoms with Crippen LogP contribution in [0.25, 0.3) is 11.3 Å². The van der Waals surface area contributed by atoms with Gasteiger partial charge >= 0.3 is 0 Å². The molecular weight excluding hydrogens is 376 g/mol. The van der Waals surface area contributed by atoms with Crippen molar-refractivity contribution < 1.29 is 0 Å². The number of hydrogen-bond acceptors (Lipinski definition) is 4. The van der Waals surface area contributed by atoms with Crippen LogP contribution in [-0.2, 0) is 6.42 Å². The standard InChI is InChI=1S/C22H26N4S.C2H6/c1-6-26(5)14-24-20-9-16(3)18(8-17(20)4)10-22-25-21(13-27-22)19-7-15(2)11-23-12-19;1-2/h7-9,11-14H,6,10H2,1-5H3;1-2H3. The Kier molecular flexibility index (Phi) is 8.52. The molecular formula is C24H32N4S. The molecule has 0 fully saturated rings. The number of thiazole rings is 1. The number of benzene rings is 1. The van der Waals surface area contributed by atoms with E-state index in [-0.39, 0.29) is 0 Å². The molecule has 29 heavy (non-hydrogen) atoms. The second-order valence-corrected chi connectivity index (χ2v) is 7.88. The van der Waals surface area contributed by atoms with Gasteiger partial charge in [-0.05, 0) is 62.1 Å². The maximum absolute atomic E-state index is 4.82. The number of pyridine rings is 1. The highest BCUT2D eigenvalue weighted by molar-refractivity contribution is 7.10. The van der Waals surface area contributed by atoms with Crippen molar-refractivity contribution in [3.63, 3.8) is 0 Å². The Morgan fingerprint density at radius 1 is 1.07 bits per heavy atom. The Labute approximate surface area is 179 Å². The molecule has 0 saturated carbocycles. The molecule has 0 radical (unpaired) electrons. The van der Waals surface area contributed by atoms with Crippen LogP contribution in [-0.4, -0.2) is 34.8 Å². The highest BCUT2D eigenvalue weighted by Crippen LogP contribution is 2.27. The van der Waals surface area contributed by atoms with Crippen LogP contribution in [0.3, 0.4) is 0 Å². The predicted octanol–water partition coefficient (Wildman–Crippen LogP) is 6.36. The van der Waals surface area contributed by atoms with Crippen molar-refractivity contribution in [2.24, 2.45) is 4.99 Å². The van der Waals surface area contributed by atoms with E-state index in [0.717, 1.165) is 40.5 Å². The van der Waals surface area contributed by atoms with Crippen molar-refractivity contribution in [2.45, 2.75) is 48.0 Å². The van der Waals surface area contributed by atoms with Crippen LogP contribution in [0.15, 0.2) is 41.0 Å². The van der Waals surface area contributed by atoms with Crippen LogP contribution in [0, 0.1) is 20.8 Å². The van der Waals surface area contributed by atoms with Gasteiger partial charge in [0, 0.05) is 43.4 Å². The second kappa shape index (κ2) is 10.9. The quantitative estimate of drug-likeness (QED) is 0.352. The minimum Gasteiger partial charge on any atom is -0.366 e. The molecule has 0 unspecified atom stereocenters. The van der Waals surface area contributed by atoms with Crippen LogP contribution in [0.1, 0.15) is 48.0 Å². The van der Waals surface area contributed by atoms with Gasteiger partial charge in [0.2, 0.25) is 0 Å². The Morgan fingerprint density at radius 2 is 1.83 bits per heavy atom. The molecule has 0 N–H and O–H groups in total. The van der Waals surface area contributed by atoms with Crippen molar-refractivity contribution in [3.8, 4) is 11.3 Å². The largest absolute Gasteiger partial charge is 0.366 e. The van der Waals surface area contributed by atoms with E-state index in [9.17, 15) is 0 Å². The lowest BCUT2D eigenvalue weighted by molar-refractivity contribution is 0.552. The van der Waals surface area contributed by atoms with Gasteiger partial charge in [0.25, 0.3) is 0 Å². The number of aromatic nitrogens is 2. The zero-order chi connectivity index (χ0) is 21.4. The Morgan fingerprint density at radius 3 is 2.52 bits per heavy atom. The summed E-state index contributed by atoms with van der Waals surface area (Å²) in [5.41, 5.74) is 8.01. The first-order valence-corrected chi connectivity index (χ1v) is 11.0. The van der Waals surface area contributed by atoms with Crippen LogP contribution < -0.4 is 0 Å². The maximum Gasteiger partial charge on any atom is 0.0976 e. The summed E-state index contributed by atoms with van der Waals surface area (Å²) in [5.74, 6) is 0. The van der Waals surface area contributed by atoms with Gasteiger partial charge in [-0.25, -0.2) is 9.98 Å². The molecule has 2 heterocycles. The first kappa shape index (κ1) is 22.8. The first-order valence-electron chi connectivity index (χ1n) is 10.2. The third-order valence-corrected chi connectivity index (χ3v) is 5.46. The zero-order valence-corrected chi connectivity index (χ0v) is 19.5. The molecule has 154 valence electrons. The van der Waals surface area contributed by atoms with Crippen LogP contribution in [0.4, 0.5) is 5.69 Å². The summed E-state index contributed by atoms with van der Waals surface area (Å²) in [6.45, 7) is 13.4. The molecule has 4 nitrogen and oxygen atoms in total. The zero-order valence-electron chi connectivity index (χ0n) is 18.7. The van der Waals surface area contributed by atoms with Crippen molar-refractivity contribution >= 4 is 23.4 Å². The number of aliphatic imine (C=N–C) groups is 1. The van der Waals surface area contributed by atoms with Crippen molar-refractivity contribution in [1.82, 2.24) is 14.9 Å². The average molecular weight is 409 g/mol. The van der Waals surface area contributed by atoms with E-state index in [2.05, 4.69) is 66.2 Å². The average Bonchev–Trinajstić information content (AvgIpc) is 3.19. The fraction of sp³-hybridized carbons (Fsp3) is 0.375. The lowest BCUT2D eigenvalue weighted by Gasteiger charge is -2.11. The van der Waals surface area contributed by atoms with Crippen LogP contribution in [0.5, 0.6) is 0 Å². The molecule has 0 bridgehead atoms. The molecule has 0 spiro atoms. The monoisotopic (exact) mass is 408 g/mol. The molecule has 3 aromatic rings. The van der Waals surface area contributed by atoms with Crippen molar-refractivity contribution in [1.29, 1.82) is 0 Å². The summed E-state index contributed by atoms with van der Waals surface area (Å²) in [4.78, 5) is 15.8. The normalized spacial score (nSPS) is 10.7. The summed E-state index contributed by atoms with van der Waals surface area (Å²) in [7, 11) is 2.03. The van der Waals surface area contributed by atoms with Gasteiger partial charge in [-0.15, -0.1) is 11.3 Å². The molecule has 2 aromatic heterocycles. The van der Waals surface area contributed by atoms with Gasteiger partial charge in [0.1, 0.15) is 0 Å². The Bertz CT molecular complexity index is 959. The minimum atomic E-state index is 0.843. The summed E-state index contributed by atoms with van der Waals surface area (Å²) < 4.78 is 0. The molecule has 1 aromatic carbocycles. The molecule has 0 amide bonds. The summed E-state index contributed by atoms with van der Waals surface area (Å²) in [5, 5.41) is 3.24. The lowest BCUT2D eigenvalue weighted by Crippen LogP contribution is -2.14. The summed E-state index contributed by atoms with van der Waals surface area (Å²) in [6.07, 6.45) is 6.48. The number of rotatable bonds is 6. The van der Waals surface area contributed by atoms with Gasteiger partial charge in [-0.3, -0.25) is 4.98 Å². The first-order chi connectivity index (χ1) is 14.0. The van der Waals surface area contributed by atoms with E-state index in [1.54, 1.807) is 11.3 Å². The van der Waals surface area contributed by atoms with Gasteiger partial charge in [0.05, 0.1) is 22.7 Å². The van der Waals surface area contributed by atoms with Crippen LogP contribution in [0.2, 0.25) is 0 Å². The number of hydrogen-bond donors (Lipinski definition) is 0. The van der Waals surface area contributed by atoms with E-state index in [0.29, 0.717) is 0 Å². The Balaban J connectivity index is 0.00000145. The SMILES string of the molecule is CC.CCN(C)C=Nc1cc(C)c(Cc2nc(-c3cncc(C)c3)cs2)cc1C. The molecule has 0 atom stereocenters. The van der Waals surface area contributed by atoms with Gasteiger partial charge in [-0.1, -0.05) is 19.9 Å². The van der Waals surface area contributed by atoms with Crippen LogP contribution >= 0.6 is 11.3 Å². The van der Waals surface area contributed by atoms with E-state index >= 15 is 0 Å². The van der Waals surface area contributed by atoms with E-state index < -0.39 is 0 Å². The molecule has 0 aliphatic rings. The van der Waals surface area contributed by atoms with Gasteiger partial charge in [-0.2, -0.15) is 0 Å². The van der Waals surface area contributed by atoms with E-state index in [4.69, 9.17) is 4.98 Å². The molecule has 0 aliphatic carbocycles. The lowest BCUT2D eigenvalue weighted by atomic mass is 10.0. The third kappa shape index (κ3) is 6.23. The van der Waals surface area contributed by atoms with Gasteiger partial charge < -0.3 is 4.90 Å². The summed E-state index contributed by atoms with van der Waals surface area (Å²) in [6, 6.07) is 6.54. The predicted molar refractivity (Wildman–Crippen MR) is 127 cm³/mol. The molecule has 0 aliphatic heterocycles. The smallest absolute Gasteiger partial charge is 0.0976 e. The van der Waals surface area contributed by atoms with Gasteiger partial charge in [0.15, 0.2) is 0 Å². The molecule has 0 saturated heterocycles. The highest BCUT2D eigenvalue weighted by Gasteiger charge is 2.09. The second-order valence-electron chi connectivity index (χ2n) is 6.94. The maximum atomic E-state index is 4.82. The van der Waals surface area contributed by atoms with Crippen molar-refractivity contribution in [3.05, 3.63) is 63.2 Å². The fourth-order valence-corrected chi connectivity index (χ4v) is 3.64. The number of aryl methyl sites for hydroxylation is 3. The summed E-state index contributed by atoms with van der Waals surface area (Å²) >= 11 is 1.71. The highest BCUT2D eigenvalue weighted by atomic mass is 32.1. The third-order valence-electron chi connectivity index (χ3n) is 4.61. The minimum absolute atomic E-state index is 0.843. The van der Waals surface area contributed by atoms with Crippen molar-refractivity contribution in [2.75, 3.05) is 13.6 Å². The number of nitrogens with zero attached hydrogens (tertiary/aromatic N) is 4. The topological polar surface area (TPSA) is 41.4 Å². The molecule has 3 rings (SSSR count). The van der Waals surface area contributed by atoms with E-state index in [1.165, 1.54) is 16.7 Å². The fourth-order valence-electron chi connectivity index (χ4n) is 2.82.